The second-order valence-electron chi connectivity index (χ2n) is 6.87. The summed E-state index contributed by atoms with van der Waals surface area (Å²) in [4.78, 5) is 6.10. The van der Waals surface area contributed by atoms with Gasteiger partial charge in [-0.05, 0) is 36.1 Å². The van der Waals surface area contributed by atoms with E-state index in [0.717, 1.165) is 16.4 Å². The average molecular weight is 383 g/mol. The SMILES string of the molecule is Clc1ccc(-c2csc(=NCc3ccccc3)n2C2CCCCC2)cc1. The van der Waals surface area contributed by atoms with Gasteiger partial charge in [-0.3, -0.25) is 4.99 Å². The summed E-state index contributed by atoms with van der Waals surface area (Å²) in [5.41, 5.74) is 3.74. The Morgan fingerprint density at radius 3 is 2.42 bits per heavy atom. The van der Waals surface area contributed by atoms with Gasteiger partial charge in [-0.25, -0.2) is 0 Å². The van der Waals surface area contributed by atoms with E-state index in [4.69, 9.17) is 16.6 Å². The predicted molar refractivity (Wildman–Crippen MR) is 111 cm³/mol. The first-order chi connectivity index (χ1) is 12.8. The standard InChI is InChI=1S/C22H23ClN2S/c23-19-13-11-18(12-14-19)21-16-26-22(24-15-17-7-3-1-4-8-17)25(21)20-9-5-2-6-10-20/h1,3-4,7-8,11-14,16,20H,2,5-6,9-10,15H2. The number of hydrogen-bond acceptors (Lipinski definition) is 2. The van der Waals surface area contributed by atoms with Gasteiger partial charge in [0, 0.05) is 16.4 Å². The molecule has 134 valence electrons. The van der Waals surface area contributed by atoms with Gasteiger partial charge in [0.15, 0.2) is 4.80 Å². The largest absolute Gasteiger partial charge is 0.314 e. The number of thiazole rings is 1. The zero-order valence-corrected chi connectivity index (χ0v) is 16.3. The Kier molecular flexibility index (Phi) is 5.57. The van der Waals surface area contributed by atoms with Crippen LogP contribution in [0, 0.1) is 0 Å². The second-order valence-corrected chi connectivity index (χ2v) is 8.15. The molecule has 4 heteroatoms. The number of rotatable bonds is 4. The van der Waals surface area contributed by atoms with Crippen molar-refractivity contribution in [1.29, 1.82) is 0 Å². The Labute approximate surface area is 163 Å². The van der Waals surface area contributed by atoms with E-state index in [0.29, 0.717) is 6.04 Å². The lowest BCUT2D eigenvalue weighted by Gasteiger charge is -2.25. The first kappa shape index (κ1) is 17.6. The molecule has 0 bridgehead atoms. The average Bonchev–Trinajstić information content (AvgIpc) is 3.12. The molecule has 0 atom stereocenters. The Morgan fingerprint density at radius 1 is 0.962 bits per heavy atom. The van der Waals surface area contributed by atoms with Crippen LogP contribution in [-0.2, 0) is 6.54 Å². The van der Waals surface area contributed by atoms with Crippen molar-refractivity contribution in [2.45, 2.75) is 44.7 Å². The quantitative estimate of drug-likeness (QED) is 0.491. The summed E-state index contributed by atoms with van der Waals surface area (Å²) in [6, 6.07) is 19.2. The van der Waals surface area contributed by atoms with Gasteiger partial charge in [-0.15, -0.1) is 11.3 Å². The fourth-order valence-electron chi connectivity index (χ4n) is 3.70. The Balaban J connectivity index is 1.74. The number of nitrogens with zero attached hydrogens (tertiary/aromatic N) is 2. The summed E-state index contributed by atoms with van der Waals surface area (Å²) in [7, 11) is 0. The van der Waals surface area contributed by atoms with E-state index in [-0.39, 0.29) is 0 Å². The van der Waals surface area contributed by atoms with Crippen LogP contribution in [0.1, 0.15) is 43.7 Å². The summed E-state index contributed by atoms with van der Waals surface area (Å²) in [6.07, 6.45) is 6.47. The van der Waals surface area contributed by atoms with Crippen molar-refractivity contribution >= 4 is 22.9 Å². The smallest absolute Gasteiger partial charge is 0.185 e. The Morgan fingerprint density at radius 2 is 1.69 bits per heavy atom. The van der Waals surface area contributed by atoms with Crippen LogP contribution in [0.3, 0.4) is 0 Å². The van der Waals surface area contributed by atoms with Crippen LogP contribution in [0.2, 0.25) is 5.02 Å². The van der Waals surface area contributed by atoms with Gasteiger partial charge >= 0.3 is 0 Å². The molecule has 26 heavy (non-hydrogen) atoms. The highest BCUT2D eigenvalue weighted by molar-refractivity contribution is 7.07. The number of aromatic nitrogens is 1. The van der Waals surface area contributed by atoms with E-state index in [1.54, 1.807) is 11.3 Å². The molecule has 1 fully saturated rings. The molecule has 4 rings (SSSR count). The maximum absolute atomic E-state index is 6.09. The molecule has 1 saturated carbocycles. The molecule has 1 aliphatic rings. The molecule has 1 aliphatic carbocycles. The van der Waals surface area contributed by atoms with Gasteiger partial charge in [0.1, 0.15) is 0 Å². The summed E-state index contributed by atoms with van der Waals surface area (Å²) < 4.78 is 2.48. The maximum atomic E-state index is 6.09. The molecule has 1 heterocycles. The molecule has 2 aromatic carbocycles. The highest BCUT2D eigenvalue weighted by Gasteiger charge is 2.20. The van der Waals surface area contributed by atoms with Crippen LogP contribution in [-0.4, -0.2) is 4.57 Å². The van der Waals surface area contributed by atoms with Gasteiger partial charge in [0.05, 0.1) is 12.2 Å². The zero-order valence-electron chi connectivity index (χ0n) is 14.8. The van der Waals surface area contributed by atoms with E-state index in [9.17, 15) is 0 Å². The lowest BCUT2D eigenvalue weighted by Crippen LogP contribution is -2.24. The van der Waals surface area contributed by atoms with Crippen LogP contribution in [0.15, 0.2) is 65.0 Å². The van der Waals surface area contributed by atoms with E-state index in [2.05, 4.69) is 52.4 Å². The summed E-state index contributed by atoms with van der Waals surface area (Å²) in [6.45, 7) is 0.730. The molecule has 2 nitrogen and oxygen atoms in total. The van der Waals surface area contributed by atoms with E-state index >= 15 is 0 Å². The van der Waals surface area contributed by atoms with Gasteiger partial charge in [-0.1, -0.05) is 73.3 Å². The minimum atomic E-state index is 0.551. The summed E-state index contributed by atoms with van der Waals surface area (Å²) >= 11 is 7.84. The normalized spacial score (nSPS) is 16.1. The zero-order chi connectivity index (χ0) is 17.8. The monoisotopic (exact) mass is 382 g/mol. The molecule has 0 aliphatic heterocycles. The molecule has 3 aromatic rings. The molecule has 1 aromatic heterocycles. The molecular formula is C22H23ClN2S. The highest BCUT2D eigenvalue weighted by atomic mass is 35.5. The van der Waals surface area contributed by atoms with Crippen LogP contribution in [0.5, 0.6) is 0 Å². The van der Waals surface area contributed by atoms with Gasteiger partial charge in [0.2, 0.25) is 0 Å². The lowest BCUT2D eigenvalue weighted by atomic mass is 9.95. The van der Waals surface area contributed by atoms with E-state index in [1.807, 2.05) is 12.1 Å². The fraction of sp³-hybridized carbons (Fsp3) is 0.318. The minimum absolute atomic E-state index is 0.551. The van der Waals surface area contributed by atoms with Crippen LogP contribution >= 0.6 is 22.9 Å². The highest BCUT2D eigenvalue weighted by Crippen LogP contribution is 2.32. The van der Waals surface area contributed by atoms with Gasteiger partial charge in [-0.2, -0.15) is 0 Å². The summed E-state index contributed by atoms with van der Waals surface area (Å²) in [5, 5.41) is 3.03. The van der Waals surface area contributed by atoms with Crippen molar-refractivity contribution in [3.8, 4) is 11.3 Å². The van der Waals surface area contributed by atoms with Crippen LogP contribution in [0.25, 0.3) is 11.3 Å². The van der Waals surface area contributed by atoms with Crippen LogP contribution < -0.4 is 4.80 Å². The van der Waals surface area contributed by atoms with Crippen molar-refractivity contribution in [2.24, 2.45) is 4.99 Å². The number of benzene rings is 2. The minimum Gasteiger partial charge on any atom is -0.314 e. The third-order valence-electron chi connectivity index (χ3n) is 5.06. The molecular weight excluding hydrogens is 360 g/mol. The lowest BCUT2D eigenvalue weighted by molar-refractivity contribution is 0.350. The first-order valence-electron chi connectivity index (χ1n) is 9.31. The Bertz CT molecular complexity index is 903. The third kappa shape index (κ3) is 3.94. The molecule has 0 radical (unpaired) electrons. The van der Waals surface area contributed by atoms with E-state index in [1.165, 1.54) is 48.9 Å². The predicted octanol–water partition coefficient (Wildman–Crippen LogP) is 6.48. The molecule has 0 spiro atoms. The third-order valence-corrected chi connectivity index (χ3v) is 6.19. The van der Waals surface area contributed by atoms with Crippen LogP contribution in [0.4, 0.5) is 0 Å². The van der Waals surface area contributed by atoms with Crippen molar-refractivity contribution < 1.29 is 0 Å². The summed E-state index contributed by atoms with van der Waals surface area (Å²) in [5.74, 6) is 0. The van der Waals surface area contributed by atoms with E-state index < -0.39 is 0 Å². The molecule has 0 unspecified atom stereocenters. The van der Waals surface area contributed by atoms with Crippen molar-refractivity contribution in [3.63, 3.8) is 0 Å². The molecule has 0 saturated heterocycles. The second kappa shape index (κ2) is 8.24. The number of hydrogen-bond donors (Lipinski definition) is 0. The fourth-order valence-corrected chi connectivity index (χ4v) is 4.79. The maximum Gasteiger partial charge on any atom is 0.185 e. The van der Waals surface area contributed by atoms with Gasteiger partial charge < -0.3 is 4.57 Å². The molecule has 0 amide bonds. The Hall–Kier alpha value is -1.84. The van der Waals surface area contributed by atoms with Crippen molar-refractivity contribution in [2.75, 3.05) is 0 Å². The van der Waals surface area contributed by atoms with Gasteiger partial charge in [0.25, 0.3) is 0 Å². The number of halogens is 1. The topological polar surface area (TPSA) is 17.3 Å². The first-order valence-corrected chi connectivity index (χ1v) is 10.6. The molecule has 0 N–H and O–H groups in total. The van der Waals surface area contributed by atoms with Crippen molar-refractivity contribution in [1.82, 2.24) is 4.57 Å². The van der Waals surface area contributed by atoms with Crippen molar-refractivity contribution in [3.05, 3.63) is 75.4 Å².